The molecule has 0 saturated carbocycles. The molecule has 174 valence electrons. The van der Waals surface area contributed by atoms with Crippen molar-refractivity contribution in [3.05, 3.63) is 58.4 Å². The highest BCUT2D eigenvalue weighted by Gasteiger charge is 2.31. The summed E-state index contributed by atoms with van der Waals surface area (Å²) in [7, 11) is 0. The van der Waals surface area contributed by atoms with Crippen molar-refractivity contribution in [1.29, 1.82) is 0 Å². The predicted octanol–water partition coefficient (Wildman–Crippen LogP) is 4.60. The molecule has 5 nitrogen and oxygen atoms in total. The lowest BCUT2D eigenvalue weighted by Gasteiger charge is -2.31. The van der Waals surface area contributed by atoms with Gasteiger partial charge < -0.3 is 5.32 Å². The highest BCUT2D eigenvalue weighted by Crippen LogP contribution is 2.31. The normalized spacial score (nSPS) is 15.6. The second-order valence-corrected chi connectivity index (χ2v) is 8.71. The number of amides is 1. The number of carbonyl (C=O) groups is 1. The van der Waals surface area contributed by atoms with Crippen LogP contribution in [0.3, 0.4) is 0 Å². The molecule has 8 heteroatoms. The van der Waals surface area contributed by atoms with E-state index in [9.17, 15) is 18.0 Å². The zero-order chi connectivity index (χ0) is 23.5. The van der Waals surface area contributed by atoms with Gasteiger partial charge in [0.15, 0.2) is 0 Å². The summed E-state index contributed by atoms with van der Waals surface area (Å²) in [5.41, 5.74) is 2.98. The van der Waals surface area contributed by atoms with Crippen molar-refractivity contribution >= 4 is 5.91 Å². The molecule has 0 radical (unpaired) electrons. The van der Waals surface area contributed by atoms with Crippen LogP contribution in [0.1, 0.15) is 49.2 Å². The van der Waals surface area contributed by atoms with Crippen molar-refractivity contribution in [3.8, 4) is 5.69 Å². The van der Waals surface area contributed by atoms with E-state index in [2.05, 4.69) is 35.2 Å². The summed E-state index contributed by atoms with van der Waals surface area (Å²) in [5, 5.41) is 7.52. The van der Waals surface area contributed by atoms with Gasteiger partial charge in [-0.2, -0.15) is 18.3 Å². The third-order valence-corrected chi connectivity index (χ3v) is 5.91. The third-order valence-electron chi connectivity index (χ3n) is 5.91. The molecule has 3 rings (SSSR count). The molecule has 2 heterocycles. The Kier molecular flexibility index (Phi) is 7.44. The number of piperidine rings is 1. The second-order valence-electron chi connectivity index (χ2n) is 8.71. The second kappa shape index (κ2) is 9.90. The molecule has 1 amide bonds. The highest BCUT2D eigenvalue weighted by molar-refractivity contribution is 5.79. The Morgan fingerprint density at radius 1 is 1.22 bits per heavy atom. The lowest BCUT2D eigenvalue weighted by molar-refractivity contribution is -0.137. The number of aromatic nitrogens is 2. The van der Waals surface area contributed by atoms with Crippen LogP contribution in [0, 0.1) is 13.8 Å². The van der Waals surface area contributed by atoms with Gasteiger partial charge in [0, 0.05) is 36.9 Å². The Hall–Kier alpha value is -2.61. The van der Waals surface area contributed by atoms with E-state index in [1.165, 1.54) is 16.3 Å². The SMILES string of the molecule is CC(C)=CCN1CCC(NC(=O)Cc2c(C)nn(-c3cccc(C(F)(F)F)c3)c2C)CC1. The molecule has 1 aliphatic rings. The fraction of sp³-hybridized carbons (Fsp3) is 0.500. The van der Waals surface area contributed by atoms with Crippen LogP contribution < -0.4 is 5.32 Å². The summed E-state index contributed by atoms with van der Waals surface area (Å²) in [6.45, 7) is 10.6. The fourth-order valence-corrected chi connectivity index (χ4v) is 4.01. The van der Waals surface area contributed by atoms with Crippen molar-refractivity contribution in [1.82, 2.24) is 20.0 Å². The monoisotopic (exact) mass is 448 g/mol. The molecule has 1 saturated heterocycles. The minimum atomic E-state index is -4.42. The maximum absolute atomic E-state index is 13.1. The van der Waals surface area contributed by atoms with Crippen LogP contribution >= 0.6 is 0 Å². The summed E-state index contributed by atoms with van der Waals surface area (Å²) >= 11 is 0. The van der Waals surface area contributed by atoms with Crippen LogP contribution in [0.15, 0.2) is 35.9 Å². The molecule has 0 aliphatic carbocycles. The Labute approximate surface area is 187 Å². The largest absolute Gasteiger partial charge is 0.416 e. The molecular weight excluding hydrogens is 417 g/mol. The lowest BCUT2D eigenvalue weighted by atomic mass is 10.0. The first kappa shape index (κ1) is 24.0. The van der Waals surface area contributed by atoms with Gasteiger partial charge in [-0.25, -0.2) is 4.68 Å². The van der Waals surface area contributed by atoms with E-state index in [-0.39, 0.29) is 18.4 Å². The molecule has 0 spiro atoms. The fourth-order valence-electron chi connectivity index (χ4n) is 4.01. The molecule has 1 N–H and O–H groups in total. The first-order chi connectivity index (χ1) is 15.0. The maximum atomic E-state index is 13.1. The minimum Gasteiger partial charge on any atom is -0.353 e. The minimum absolute atomic E-state index is 0.0810. The number of halogens is 3. The number of hydrogen-bond donors (Lipinski definition) is 1. The van der Waals surface area contributed by atoms with Crippen molar-refractivity contribution in [2.24, 2.45) is 0 Å². The number of hydrogen-bond acceptors (Lipinski definition) is 3. The summed E-state index contributed by atoms with van der Waals surface area (Å²) in [4.78, 5) is 15.1. The van der Waals surface area contributed by atoms with Crippen molar-refractivity contribution in [2.75, 3.05) is 19.6 Å². The summed E-state index contributed by atoms with van der Waals surface area (Å²) in [6.07, 6.45) is -0.231. The van der Waals surface area contributed by atoms with Crippen molar-refractivity contribution in [3.63, 3.8) is 0 Å². The van der Waals surface area contributed by atoms with Crippen LogP contribution in [-0.4, -0.2) is 46.3 Å². The Bertz CT molecular complexity index is 982. The number of aryl methyl sites for hydroxylation is 1. The van der Waals surface area contributed by atoms with Gasteiger partial charge in [0.2, 0.25) is 5.91 Å². The smallest absolute Gasteiger partial charge is 0.353 e. The molecule has 1 aromatic heterocycles. The van der Waals surface area contributed by atoms with Crippen LogP contribution in [-0.2, 0) is 17.4 Å². The average molecular weight is 449 g/mol. The molecule has 0 unspecified atom stereocenters. The standard InChI is InChI=1S/C24H31F3N4O/c1-16(2)8-11-30-12-9-20(10-13-30)28-23(32)15-22-17(3)29-31(18(22)4)21-7-5-6-19(14-21)24(25,26)27/h5-8,14,20H,9-13,15H2,1-4H3,(H,28,32). The first-order valence-corrected chi connectivity index (χ1v) is 10.9. The molecular formula is C24H31F3N4O. The molecule has 1 aliphatic heterocycles. The van der Waals surface area contributed by atoms with E-state index < -0.39 is 11.7 Å². The number of rotatable bonds is 6. The van der Waals surface area contributed by atoms with E-state index in [1.54, 1.807) is 19.9 Å². The van der Waals surface area contributed by atoms with Gasteiger partial charge in [-0.3, -0.25) is 9.69 Å². The molecule has 0 bridgehead atoms. The quantitative estimate of drug-likeness (QED) is 0.658. The van der Waals surface area contributed by atoms with E-state index in [4.69, 9.17) is 0 Å². The van der Waals surface area contributed by atoms with Crippen molar-refractivity contribution in [2.45, 2.75) is 59.2 Å². The summed E-state index contributed by atoms with van der Waals surface area (Å²) < 4.78 is 40.7. The van der Waals surface area contributed by atoms with Crippen LogP contribution in [0.4, 0.5) is 13.2 Å². The average Bonchev–Trinajstić information content (AvgIpc) is 3.01. The zero-order valence-electron chi connectivity index (χ0n) is 19.1. The van der Waals surface area contributed by atoms with Crippen molar-refractivity contribution < 1.29 is 18.0 Å². The first-order valence-electron chi connectivity index (χ1n) is 10.9. The van der Waals surface area contributed by atoms with Gasteiger partial charge in [-0.15, -0.1) is 0 Å². The topological polar surface area (TPSA) is 50.2 Å². The van der Waals surface area contributed by atoms with E-state index >= 15 is 0 Å². The van der Waals surface area contributed by atoms with Gasteiger partial charge in [-0.05, 0) is 58.7 Å². The van der Waals surface area contributed by atoms with Gasteiger partial charge in [0.05, 0.1) is 23.4 Å². The van der Waals surface area contributed by atoms with Crippen LogP contribution in [0.2, 0.25) is 0 Å². The number of likely N-dealkylation sites (tertiary alicyclic amines) is 1. The highest BCUT2D eigenvalue weighted by atomic mass is 19.4. The zero-order valence-corrected chi connectivity index (χ0v) is 19.1. The number of benzene rings is 1. The Morgan fingerprint density at radius 3 is 2.53 bits per heavy atom. The number of carbonyl (C=O) groups excluding carboxylic acids is 1. The van der Waals surface area contributed by atoms with Gasteiger partial charge in [0.25, 0.3) is 0 Å². The Morgan fingerprint density at radius 2 is 1.91 bits per heavy atom. The lowest BCUT2D eigenvalue weighted by Crippen LogP contribution is -2.45. The molecule has 1 aromatic carbocycles. The predicted molar refractivity (Wildman–Crippen MR) is 119 cm³/mol. The molecule has 1 fully saturated rings. The number of nitrogens with one attached hydrogen (secondary N) is 1. The summed E-state index contributed by atoms with van der Waals surface area (Å²) in [6, 6.07) is 5.21. The Balaban J connectivity index is 1.63. The number of alkyl halides is 3. The number of allylic oxidation sites excluding steroid dienone is 1. The molecule has 0 atom stereocenters. The van der Waals surface area contributed by atoms with Gasteiger partial charge >= 0.3 is 6.18 Å². The van der Waals surface area contributed by atoms with E-state index in [0.717, 1.165) is 50.2 Å². The van der Waals surface area contributed by atoms with Gasteiger partial charge in [0.1, 0.15) is 0 Å². The van der Waals surface area contributed by atoms with E-state index in [1.807, 2.05) is 0 Å². The molecule has 2 aromatic rings. The molecule has 32 heavy (non-hydrogen) atoms. The summed E-state index contributed by atoms with van der Waals surface area (Å²) in [5.74, 6) is -0.0810. The van der Waals surface area contributed by atoms with E-state index in [0.29, 0.717) is 17.1 Å². The number of nitrogens with zero attached hydrogens (tertiary/aromatic N) is 3. The van der Waals surface area contributed by atoms with Crippen LogP contribution in [0.5, 0.6) is 0 Å². The third kappa shape index (κ3) is 6.00. The van der Waals surface area contributed by atoms with Crippen LogP contribution in [0.25, 0.3) is 5.69 Å². The maximum Gasteiger partial charge on any atom is 0.416 e. The van der Waals surface area contributed by atoms with Gasteiger partial charge in [-0.1, -0.05) is 17.7 Å².